The molecule has 0 bridgehead atoms. The van der Waals surface area contributed by atoms with Gasteiger partial charge in [0.15, 0.2) is 11.6 Å². The van der Waals surface area contributed by atoms with E-state index in [1.807, 2.05) is 0 Å². The van der Waals surface area contributed by atoms with E-state index in [0.717, 1.165) is 6.61 Å². The summed E-state index contributed by atoms with van der Waals surface area (Å²) in [6, 6.07) is 4.97. The van der Waals surface area contributed by atoms with E-state index in [9.17, 15) is 4.39 Å². The summed E-state index contributed by atoms with van der Waals surface area (Å²) >= 11 is 3.08. The molecule has 0 unspecified atom stereocenters. The average molecular weight is 247 g/mol. The summed E-state index contributed by atoms with van der Waals surface area (Å²) < 4.78 is 23.8. The molecule has 1 fully saturated rings. The third-order valence-electron chi connectivity index (χ3n) is 1.74. The maximum atomic E-state index is 13.3. The van der Waals surface area contributed by atoms with E-state index in [0.29, 0.717) is 11.1 Å². The maximum absolute atomic E-state index is 13.3. The Morgan fingerprint density at radius 1 is 1.62 bits per heavy atom. The van der Waals surface area contributed by atoms with E-state index in [2.05, 4.69) is 15.9 Å². The van der Waals surface area contributed by atoms with Gasteiger partial charge in [-0.25, -0.2) is 4.39 Å². The number of ether oxygens (including phenoxy) is 2. The van der Waals surface area contributed by atoms with E-state index < -0.39 is 0 Å². The van der Waals surface area contributed by atoms with Gasteiger partial charge < -0.3 is 9.47 Å². The Morgan fingerprint density at radius 3 is 3.08 bits per heavy atom. The van der Waals surface area contributed by atoms with Crippen molar-refractivity contribution in [2.45, 2.75) is 6.10 Å². The van der Waals surface area contributed by atoms with Gasteiger partial charge in [0, 0.05) is 0 Å². The Kier molecular flexibility index (Phi) is 2.51. The van der Waals surface area contributed by atoms with Gasteiger partial charge in [-0.1, -0.05) is 6.07 Å². The molecule has 1 atom stereocenters. The molecule has 1 aromatic carbocycles. The summed E-state index contributed by atoms with van der Waals surface area (Å²) in [6.45, 7) is 1.14. The van der Waals surface area contributed by atoms with Crippen LogP contribution in [0.5, 0.6) is 5.75 Å². The zero-order valence-electron chi connectivity index (χ0n) is 6.80. The van der Waals surface area contributed by atoms with Crippen LogP contribution in [0.25, 0.3) is 0 Å². The van der Waals surface area contributed by atoms with Gasteiger partial charge in [0.1, 0.15) is 12.7 Å². The minimum Gasteiger partial charge on any atom is -0.488 e. The van der Waals surface area contributed by atoms with Crippen LogP contribution in [-0.2, 0) is 4.74 Å². The average Bonchev–Trinajstić information content (AvgIpc) is 2.91. The highest BCUT2D eigenvalue weighted by Gasteiger charge is 2.23. The van der Waals surface area contributed by atoms with Crippen LogP contribution in [0.15, 0.2) is 22.7 Å². The van der Waals surface area contributed by atoms with Crippen molar-refractivity contribution in [1.29, 1.82) is 0 Å². The Bertz CT molecular complexity index is 312. The molecule has 1 heterocycles. The van der Waals surface area contributed by atoms with Gasteiger partial charge >= 0.3 is 0 Å². The second kappa shape index (κ2) is 3.64. The molecule has 0 aliphatic carbocycles. The van der Waals surface area contributed by atoms with Crippen LogP contribution in [-0.4, -0.2) is 19.3 Å². The maximum Gasteiger partial charge on any atom is 0.179 e. The van der Waals surface area contributed by atoms with Gasteiger partial charge in [-0.05, 0) is 28.1 Å². The molecule has 2 rings (SSSR count). The van der Waals surface area contributed by atoms with Gasteiger partial charge in [0.05, 0.1) is 11.1 Å². The van der Waals surface area contributed by atoms with Crippen molar-refractivity contribution in [3.05, 3.63) is 28.5 Å². The van der Waals surface area contributed by atoms with Crippen LogP contribution >= 0.6 is 15.9 Å². The summed E-state index contributed by atoms with van der Waals surface area (Å²) in [4.78, 5) is 0. The minimum absolute atomic E-state index is 0.151. The van der Waals surface area contributed by atoms with E-state index in [4.69, 9.17) is 9.47 Å². The number of rotatable bonds is 3. The Balaban J connectivity index is 2.05. The van der Waals surface area contributed by atoms with Crippen molar-refractivity contribution >= 4 is 15.9 Å². The molecule has 1 aromatic rings. The Labute approximate surface area is 83.8 Å². The first-order chi connectivity index (χ1) is 6.27. The normalized spacial score (nSPS) is 20.0. The number of hydrogen-bond acceptors (Lipinski definition) is 2. The molecule has 0 spiro atoms. The monoisotopic (exact) mass is 246 g/mol. The predicted octanol–water partition coefficient (Wildman–Crippen LogP) is 2.37. The molecule has 1 aliphatic heterocycles. The molecular formula is C9H8BrFO2. The third-order valence-corrected chi connectivity index (χ3v) is 2.36. The van der Waals surface area contributed by atoms with Crippen molar-refractivity contribution < 1.29 is 13.9 Å². The summed E-state index contributed by atoms with van der Waals surface area (Å²) in [5.41, 5.74) is 0. The SMILES string of the molecule is Fc1c(Br)cccc1OC[C@H]1CO1. The lowest BCUT2D eigenvalue weighted by Crippen LogP contribution is -2.05. The summed E-state index contributed by atoms with van der Waals surface area (Å²) in [7, 11) is 0. The molecule has 0 saturated carbocycles. The smallest absolute Gasteiger partial charge is 0.179 e. The largest absolute Gasteiger partial charge is 0.488 e. The highest BCUT2D eigenvalue weighted by molar-refractivity contribution is 9.10. The molecular weight excluding hydrogens is 239 g/mol. The van der Waals surface area contributed by atoms with Gasteiger partial charge in [-0.15, -0.1) is 0 Å². The highest BCUT2D eigenvalue weighted by Crippen LogP contribution is 2.25. The molecule has 0 aromatic heterocycles. The number of epoxide rings is 1. The van der Waals surface area contributed by atoms with E-state index in [1.165, 1.54) is 0 Å². The van der Waals surface area contributed by atoms with Gasteiger partial charge in [0.25, 0.3) is 0 Å². The molecule has 1 saturated heterocycles. The Morgan fingerprint density at radius 2 is 2.38 bits per heavy atom. The lowest BCUT2D eigenvalue weighted by atomic mass is 10.3. The molecule has 0 amide bonds. The van der Waals surface area contributed by atoms with Crippen LogP contribution in [0.3, 0.4) is 0 Å². The second-order valence-corrected chi connectivity index (χ2v) is 3.67. The van der Waals surface area contributed by atoms with Crippen LogP contribution in [0.2, 0.25) is 0 Å². The molecule has 0 N–H and O–H groups in total. The fourth-order valence-corrected chi connectivity index (χ4v) is 1.29. The number of hydrogen-bond donors (Lipinski definition) is 0. The summed E-state index contributed by atoms with van der Waals surface area (Å²) in [5.74, 6) is -0.0898. The van der Waals surface area contributed by atoms with Crippen LogP contribution < -0.4 is 4.74 Å². The van der Waals surface area contributed by atoms with Crippen molar-refractivity contribution in [3.8, 4) is 5.75 Å². The first kappa shape index (κ1) is 8.97. The summed E-state index contributed by atoms with van der Waals surface area (Å²) in [6.07, 6.45) is 0.151. The van der Waals surface area contributed by atoms with E-state index in [1.54, 1.807) is 18.2 Å². The van der Waals surface area contributed by atoms with Crippen molar-refractivity contribution in [2.24, 2.45) is 0 Å². The minimum atomic E-state index is -0.358. The molecule has 2 nitrogen and oxygen atoms in total. The molecule has 13 heavy (non-hydrogen) atoms. The van der Waals surface area contributed by atoms with Crippen LogP contribution in [0.4, 0.5) is 4.39 Å². The second-order valence-electron chi connectivity index (χ2n) is 2.82. The standard InChI is InChI=1S/C9H8BrFO2/c10-7-2-1-3-8(9(7)11)13-5-6-4-12-6/h1-3,6H,4-5H2/t6-/m1/s1. The fraction of sp³-hybridized carbons (Fsp3) is 0.333. The summed E-state index contributed by atoms with van der Waals surface area (Å²) in [5, 5.41) is 0. The topological polar surface area (TPSA) is 21.8 Å². The van der Waals surface area contributed by atoms with Crippen molar-refractivity contribution in [3.63, 3.8) is 0 Å². The van der Waals surface area contributed by atoms with Gasteiger partial charge in [-0.3, -0.25) is 0 Å². The third kappa shape index (κ3) is 2.19. The molecule has 0 radical (unpaired) electrons. The molecule has 1 aliphatic rings. The fourth-order valence-electron chi connectivity index (χ4n) is 0.942. The lowest BCUT2D eigenvalue weighted by molar-refractivity contribution is 0.253. The quantitative estimate of drug-likeness (QED) is 0.765. The highest BCUT2D eigenvalue weighted by atomic mass is 79.9. The van der Waals surface area contributed by atoms with Crippen LogP contribution in [0, 0.1) is 5.82 Å². The zero-order valence-corrected chi connectivity index (χ0v) is 8.38. The molecule has 70 valence electrons. The first-order valence-corrected chi connectivity index (χ1v) is 4.75. The van der Waals surface area contributed by atoms with Gasteiger partial charge in [0.2, 0.25) is 0 Å². The van der Waals surface area contributed by atoms with E-state index >= 15 is 0 Å². The molecule has 4 heteroatoms. The number of benzene rings is 1. The Hall–Kier alpha value is -0.610. The van der Waals surface area contributed by atoms with Gasteiger partial charge in [-0.2, -0.15) is 0 Å². The van der Waals surface area contributed by atoms with E-state index in [-0.39, 0.29) is 17.7 Å². The predicted molar refractivity (Wildman–Crippen MR) is 49.3 cm³/mol. The van der Waals surface area contributed by atoms with Crippen molar-refractivity contribution in [1.82, 2.24) is 0 Å². The first-order valence-electron chi connectivity index (χ1n) is 3.96. The van der Waals surface area contributed by atoms with Crippen molar-refractivity contribution in [2.75, 3.05) is 13.2 Å². The van der Waals surface area contributed by atoms with Crippen LogP contribution in [0.1, 0.15) is 0 Å². The zero-order chi connectivity index (χ0) is 9.26. The number of halogens is 2. The lowest BCUT2D eigenvalue weighted by Gasteiger charge is -2.05.